The van der Waals surface area contributed by atoms with Crippen molar-refractivity contribution in [2.45, 2.75) is 184 Å². The van der Waals surface area contributed by atoms with Crippen LogP contribution in [0.2, 0.25) is 0 Å². The number of hydrogen-bond acceptors (Lipinski definition) is 29. The number of H-pyrrole nitrogens is 1. The van der Waals surface area contributed by atoms with E-state index >= 15 is 0 Å². The van der Waals surface area contributed by atoms with E-state index in [0.29, 0.717) is 17.8 Å². The molecule has 0 unspecified atom stereocenters. The minimum absolute atomic E-state index is 0.418. The van der Waals surface area contributed by atoms with Crippen molar-refractivity contribution in [3.63, 3.8) is 0 Å². The Morgan fingerprint density at radius 1 is 0.395 bits per heavy atom. The van der Waals surface area contributed by atoms with Crippen LogP contribution in [0.3, 0.4) is 0 Å². The lowest BCUT2D eigenvalue weighted by Crippen LogP contribution is -1.84. The van der Waals surface area contributed by atoms with Crippen LogP contribution < -0.4 is 0 Å². The van der Waals surface area contributed by atoms with Crippen LogP contribution in [0.4, 0.5) is 0 Å². The van der Waals surface area contributed by atoms with Crippen LogP contribution in [-0.4, -0.2) is 125 Å². The van der Waals surface area contributed by atoms with Crippen molar-refractivity contribution in [2.75, 3.05) is 0 Å². The molecular weight excluding hydrogens is 1090 g/mol. The predicted molar refractivity (Wildman–Crippen MR) is 323 cm³/mol. The smallest absolute Gasteiger partial charge is 0.183 e. The molecule has 0 aromatic carbocycles. The lowest BCUT2D eigenvalue weighted by atomic mass is 10.2. The average molecular weight is 1190 g/mol. The van der Waals surface area contributed by atoms with Crippen molar-refractivity contribution < 1.29 is 9.26 Å². The maximum atomic E-state index is 4.38. The second-order valence-electron chi connectivity index (χ2n) is 20.3. The van der Waals surface area contributed by atoms with Gasteiger partial charge in [-0.15, -0.1) is 30.6 Å². The molecule has 0 saturated carbocycles. The zero-order valence-electron chi connectivity index (χ0n) is 52.6. The molecule has 0 aliphatic heterocycles. The number of rotatable bonds is 3. The molecule has 9 rings (SSSR count). The Balaban J connectivity index is -0.000000187. The van der Waals surface area contributed by atoms with Crippen molar-refractivity contribution in [2.24, 2.45) is 35.5 Å². The van der Waals surface area contributed by atoms with Crippen LogP contribution in [0.5, 0.6) is 0 Å². The Bertz CT molecular complexity index is 1810. The van der Waals surface area contributed by atoms with E-state index in [2.05, 4.69) is 287 Å². The normalized spacial score (nSPS) is 9.00. The van der Waals surface area contributed by atoms with Crippen LogP contribution >= 0.6 is 34.8 Å². The highest BCUT2D eigenvalue weighted by Gasteiger charge is 2.02. The molecule has 0 bridgehead atoms. The fourth-order valence-corrected chi connectivity index (χ4v) is 3.28. The van der Waals surface area contributed by atoms with E-state index in [1.54, 1.807) is 43.2 Å². The van der Waals surface area contributed by atoms with Crippen LogP contribution in [0, 0.1) is 35.5 Å². The van der Waals surface area contributed by atoms with Crippen molar-refractivity contribution in [3.8, 4) is 0 Å². The predicted octanol–water partition coefficient (Wildman–Crippen LogP) is 12.7. The largest absolute Gasteiger partial charge is 0.266 e. The number of hydrogen-bond donors (Lipinski definition) is 1. The first-order chi connectivity index (χ1) is 38.3. The van der Waals surface area contributed by atoms with Crippen LogP contribution in [0.15, 0.2) is 102 Å². The van der Waals surface area contributed by atoms with Gasteiger partial charge in [0.05, 0.1) is 41.8 Å². The minimum Gasteiger partial charge on any atom is -0.266 e. The Kier molecular flexibility index (Phi) is 72.6. The maximum Gasteiger partial charge on any atom is 0.183 e. The molecule has 9 heterocycles. The quantitative estimate of drug-likeness (QED) is 0.172. The molecule has 0 saturated heterocycles. The molecule has 81 heavy (non-hydrogen) atoms. The van der Waals surface area contributed by atoms with E-state index in [9.17, 15) is 0 Å². The molecule has 0 amide bonds. The molecule has 0 atom stereocenters. The van der Waals surface area contributed by atoms with Crippen LogP contribution in [0.1, 0.15) is 200 Å². The molecular formula is C51H97N25O2S3. The van der Waals surface area contributed by atoms with Crippen LogP contribution in [-0.2, 0) is 0 Å². The molecule has 9 aromatic heterocycles. The lowest BCUT2D eigenvalue weighted by Gasteiger charge is -1.91. The van der Waals surface area contributed by atoms with Gasteiger partial charge < -0.3 is 0 Å². The van der Waals surface area contributed by atoms with E-state index in [-0.39, 0.29) is 0 Å². The number of nitrogens with zero attached hydrogens (tertiary/aromatic N) is 24. The van der Waals surface area contributed by atoms with Gasteiger partial charge in [0.2, 0.25) is 0 Å². The van der Waals surface area contributed by atoms with Gasteiger partial charge in [-0.25, -0.2) is 19.2 Å². The average Bonchev–Trinajstić information content (AvgIpc) is 4.27. The van der Waals surface area contributed by atoms with Crippen molar-refractivity contribution >= 4 is 34.8 Å². The van der Waals surface area contributed by atoms with Crippen LogP contribution in [0.25, 0.3) is 0 Å². The van der Waals surface area contributed by atoms with E-state index in [1.807, 2.05) is 26.0 Å². The SMILES string of the molecule is CC(C)C.CC(C)C.CC(C)C.CC(C)C.CC(C)C.CC(C)C.CC(C)c1cnon1.CC(C)c1nnns1.CC(C)c1nnns1.c1ccnnc1.c1cnncn1.c1cnnnc1.c1nc[nH]n1.c1nnon1.c1nnsn1. The molecule has 30 heteroatoms. The third-order valence-electron chi connectivity index (χ3n) is 4.67. The third kappa shape index (κ3) is 106. The number of nitrogens with one attached hydrogen (secondary N) is 1. The van der Waals surface area contributed by atoms with Crippen molar-refractivity contribution in [3.05, 3.63) is 109 Å². The topological polar surface area (TPSA) is 351 Å². The van der Waals surface area contributed by atoms with Gasteiger partial charge >= 0.3 is 0 Å². The summed E-state index contributed by atoms with van der Waals surface area (Å²) >= 11 is 3.82. The summed E-state index contributed by atoms with van der Waals surface area (Å²) in [5.74, 6) is 6.35. The summed E-state index contributed by atoms with van der Waals surface area (Å²) in [4.78, 5) is 7.17. The van der Waals surface area contributed by atoms with E-state index in [1.165, 1.54) is 60.9 Å². The molecule has 0 aliphatic carbocycles. The molecule has 0 aliphatic rings. The first-order valence-corrected chi connectivity index (χ1v) is 28.5. The summed E-state index contributed by atoms with van der Waals surface area (Å²) in [6, 6.07) is 5.37. The van der Waals surface area contributed by atoms with Gasteiger partial charge in [0.25, 0.3) is 0 Å². The van der Waals surface area contributed by atoms with Gasteiger partial charge in [-0.05, 0) is 74.5 Å². The highest BCUT2D eigenvalue weighted by Crippen LogP contribution is 2.12. The minimum atomic E-state index is 0.418. The van der Waals surface area contributed by atoms with Crippen molar-refractivity contribution in [1.82, 2.24) is 125 Å². The zero-order valence-corrected chi connectivity index (χ0v) is 55.1. The summed E-state index contributed by atoms with van der Waals surface area (Å²) in [6.07, 6.45) is 18.1. The fourth-order valence-electron chi connectivity index (χ4n) is 2.19. The summed E-state index contributed by atoms with van der Waals surface area (Å²) in [5.41, 5.74) is 0.907. The highest BCUT2D eigenvalue weighted by atomic mass is 32.1. The summed E-state index contributed by atoms with van der Waals surface area (Å²) in [7, 11) is 0. The molecule has 0 radical (unpaired) electrons. The van der Waals surface area contributed by atoms with Gasteiger partial charge in [-0.1, -0.05) is 195 Å². The summed E-state index contributed by atoms with van der Waals surface area (Å²) in [5, 5.41) is 66.3. The number of aromatic amines is 1. The Hall–Kier alpha value is -7.08. The zero-order chi connectivity index (χ0) is 62.7. The highest BCUT2D eigenvalue weighted by molar-refractivity contribution is 7.05. The molecule has 0 fully saturated rings. The van der Waals surface area contributed by atoms with Gasteiger partial charge in [0.1, 0.15) is 34.7 Å². The third-order valence-corrected chi connectivity index (χ3v) is 6.82. The van der Waals surface area contributed by atoms with Gasteiger partial charge in [-0.3, -0.25) is 5.10 Å². The fraction of sp³-hybridized carbons (Fsp3) is 0.647. The molecule has 1 N–H and O–H groups in total. The van der Waals surface area contributed by atoms with Gasteiger partial charge in [-0.2, -0.15) is 24.8 Å². The Morgan fingerprint density at radius 3 is 0.988 bits per heavy atom. The first-order valence-electron chi connectivity index (χ1n) is 26.2. The van der Waals surface area contributed by atoms with Gasteiger partial charge in [0.15, 0.2) is 12.7 Å². The monoisotopic (exact) mass is 1190 g/mol. The second-order valence-corrected chi connectivity index (χ2v) is 22.3. The van der Waals surface area contributed by atoms with Gasteiger partial charge in [0, 0.05) is 59.4 Å². The Labute approximate surface area is 495 Å². The summed E-state index contributed by atoms with van der Waals surface area (Å²) < 4.78 is 22.5. The second kappa shape index (κ2) is 69.0. The standard InChI is InChI=1S/C5H8N2O.2C4H7N3S.C4H4N2.6C4H10.2C3H3N3.C2H3N3.CHN3O.CHN3S/c1-4(2)5-3-6-8-7-5;2*1-3(2)4-5-6-7-8-4;1-2-4-6-5-3-1;6*1-4(2)3;1-2-5-6-3-4-1;1-2-4-6-5-3-1;1-3-2-5-4-1;2*1-2-4-5-3-1/h3-4H,1-2H3;2*3H,1-2H3;1-4H;6*4H,1-3H3;2*1-3H;1-2H,(H,3,4,5);2*1H. The van der Waals surface area contributed by atoms with Crippen molar-refractivity contribution in [1.29, 1.82) is 0 Å². The lowest BCUT2D eigenvalue weighted by molar-refractivity contribution is 0.292. The molecule has 456 valence electrons. The molecule has 9 aromatic rings. The van der Waals surface area contributed by atoms with E-state index in [0.717, 1.165) is 62.9 Å². The summed E-state index contributed by atoms with van der Waals surface area (Å²) in [6.45, 7) is 51.4. The van der Waals surface area contributed by atoms with E-state index in [4.69, 9.17) is 0 Å². The first kappa shape index (κ1) is 85.2. The Morgan fingerprint density at radius 2 is 0.864 bits per heavy atom. The van der Waals surface area contributed by atoms with E-state index < -0.39 is 0 Å². The molecule has 27 nitrogen and oxygen atoms in total. The number of aromatic nitrogens is 25. The maximum absolute atomic E-state index is 4.38. The molecule has 0 spiro atoms.